The molecule has 2 aromatic carbocycles. The van der Waals surface area contributed by atoms with Gasteiger partial charge in [-0.2, -0.15) is 0 Å². The SMILES string of the molecule is COc1ccc(Oc2ccc(C(C)(C)C)cc2O)cc1. The Labute approximate surface area is 119 Å². The Morgan fingerprint density at radius 2 is 1.50 bits per heavy atom. The van der Waals surface area contributed by atoms with Crippen molar-refractivity contribution in [3.8, 4) is 23.0 Å². The van der Waals surface area contributed by atoms with Crippen molar-refractivity contribution in [2.24, 2.45) is 0 Å². The van der Waals surface area contributed by atoms with Crippen LogP contribution >= 0.6 is 0 Å². The second-order valence-corrected chi connectivity index (χ2v) is 5.71. The molecule has 0 saturated heterocycles. The van der Waals surface area contributed by atoms with E-state index in [2.05, 4.69) is 20.8 Å². The molecule has 0 fully saturated rings. The molecular weight excluding hydrogens is 252 g/mol. The predicted molar refractivity (Wildman–Crippen MR) is 79.9 cm³/mol. The number of ether oxygens (including phenoxy) is 2. The minimum atomic E-state index is -0.00385. The Bertz CT molecular complexity index is 580. The molecule has 1 N–H and O–H groups in total. The van der Waals surface area contributed by atoms with Crippen LogP contribution in [0.2, 0.25) is 0 Å². The smallest absolute Gasteiger partial charge is 0.169 e. The molecule has 3 heteroatoms. The number of phenolic OH excluding ortho intramolecular Hbond substituents is 1. The molecule has 0 unspecified atom stereocenters. The van der Waals surface area contributed by atoms with Gasteiger partial charge in [-0.3, -0.25) is 0 Å². The molecule has 0 aromatic heterocycles. The first-order valence-electron chi connectivity index (χ1n) is 6.55. The van der Waals surface area contributed by atoms with Gasteiger partial charge in [-0.25, -0.2) is 0 Å². The topological polar surface area (TPSA) is 38.7 Å². The van der Waals surface area contributed by atoms with Crippen LogP contribution in [-0.4, -0.2) is 12.2 Å². The number of rotatable bonds is 3. The van der Waals surface area contributed by atoms with E-state index >= 15 is 0 Å². The lowest BCUT2D eigenvalue weighted by Crippen LogP contribution is -2.10. The first-order valence-corrected chi connectivity index (χ1v) is 6.55. The highest BCUT2D eigenvalue weighted by molar-refractivity contribution is 5.46. The van der Waals surface area contributed by atoms with E-state index in [1.165, 1.54) is 0 Å². The number of methoxy groups -OCH3 is 1. The normalized spacial score (nSPS) is 11.2. The highest BCUT2D eigenvalue weighted by Crippen LogP contribution is 2.35. The summed E-state index contributed by atoms with van der Waals surface area (Å²) in [6.45, 7) is 6.31. The monoisotopic (exact) mass is 272 g/mol. The molecule has 0 aliphatic rings. The van der Waals surface area contributed by atoms with E-state index in [1.807, 2.05) is 18.2 Å². The summed E-state index contributed by atoms with van der Waals surface area (Å²) < 4.78 is 10.8. The fraction of sp³-hybridized carbons (Fsp3) is 0.294. The number of benzene rings is 2. The third-order valence-corrected chi connectivity index (χ3v) is 3.11. The average Bonchev–Trinajstić information content (AvgIpc) is 2.41. The Kier molecular flexibility index (Phi) is 3.89. The van der Waals surface area contributed by atoms with Gasteiger partial charge in [0.25, 0.3) is 0 Å². The fourth-order valence-electron chi connectivity index (χ4n) is 1.84. The first-order chi connectivity index (χ1) is 9.40. The number of hydrogen-bond acceptors (Lipinski definition) is 3. The van der Waals surface area contributed by atoms with Crippen LogP contribution < -0.4 is 9.47 Å². The Hall–Kier alpha value is -2.16. The molecular formula is C17H20O3. The summed E-state index contributed by atoms with van der Waals surface area (Å²) >= 11 is 0. The van der Waals surface area contributed by atoms with Crippen LogP contribution in [0.4, 0.5) is 0 Å². The molecule has 20 heavy (non-hydrogen) atoms. The van der Waals surface area contributed by atoms with Gasteiger partial charge in [0.05, 0.1) is 7.11 Å². The lowest BCUT2D eigenvalue weighted by molar-refractivity contribution is 0.403. The van der Waals surface area contributed by atoms with Crippen LogP contribution in [0.1, 0.15) is 26.3 Å². The molecule has 0 amide bonds. The van der Waals surface area contributed by atoms with Crippen molar-refractivity contribution in [3.05, 3.63) is 48.0 Å². The molecule has 3 nitrogen and oxygen atoms in total. The lowest BCUT2D eigenvalue weighted by Gasteiger charge is -2.20. The summed E-state index contributed by atoms with van der Waals surface area (Å²) in [6.07, 6.45) is 0. The van der Waals surface area contributed by atoms with E-state index < -0.39 is 0 Å². The van der Waals surface area contributed by atoms with Gasteiger partial charge in [-0.05, 0) is 47.4 Å². The Morgan fingerprint density at radius 1 is 0.900 bits per heavy atom. The molecule has 0 atom stereocenters. The van der Waals surface area contributed by atoms with Crippen molar-refractivity contribution >= 4 is 0 Å². The fourth-order valence-corrected chi connectivity index (χ4v) is 1.84. The van der Waals surface area contributed by atoms with Crippen LogP contribution in [0.25, 0.3) is 0 Å². The standard InChI is InChI=1S/C17H20O3/c1-17(2,3)12-5-10-16(15(18)11-12)20-14-8-6-13(19-4)7-9-14/h5-11,18H,1-4H3. The lowest BCUT2D eigenvalue weighted by atomic mass is 9.87. The molecule has 0 aliphatic carbocycles. The summed E-state index contributed by atoms with van der Waals surface area (Å²) in [5.74, 6) is 2.02. The third-order valence-electron chi connectivity index (χ3n) is 3.11. The van der Waals surface area contributed by atoms with Gasteiger partial charge in [0.2, 0.25) is 0 Å². The molecule has 0 heterocycles. The molecule has 2 rings (SSSR count). The van der Waals surface area contributed by atoms with Crippen molar-refractivity contribution in [2.45, 2.75) is 26.2 Å². The van der Waals surface area contributed by atoms with Crippen molar-refractivity contribution in [1.29, 1.82) is 0 Å². The Balaban J connectivity index is 2.21. The molecule has 0 aliphatic heterocycles. The minimum Gasteiger partial charge on any atom is -0.504 e. The summed E-state index contributed by atoms with van der Waals surface area (Å²) in [5, 5.41) is 10.1. The van der Waals surface area contributed by atoms with Crippen molar-refractivity contribution in [1.82, 2.24) is 0 Å². The van der Waals surface area contributed by atoms with Crippen molar-refractivity contribution in [2.75, 3.05) is 7.11 Å². The molecule has 0 radical (unpaired) electrons. The highest BCUT2D eigenvalue weighted by atomic mass is 16.5. The number of hydrogen-bond donors (Lipinski definition) is 1. The second-order valence-electron chi connectivity index (χ2n) is 5.71. The van der Waals surface area contributed by atoms with Gasteiger partial charge in [0, 0.05) is 0 Å². The maximum atomic E-state index is 10.1. The van der Waals surface area contributed by atoms with Gasteiger partial charge in [0.1, 0.15) is 11.5 Å². The summed E-state index contributed by atoms with van der Waals surface area (Å²) in [7, 11) is 1.62. The molecule has 0 bridgehead atoms. The average molecular weight is 272 g/mol. The van der Waals surface area contributed by atoms with Crippen LogP contribution in [0.3, 0.4) is 0 Å². The zero-order valence-corrected chi connectivity index (χ0v) is 12.3. The summed E-state index contributed by atoms with van der Waals surface area (Å²) in [5.41, 5.74) is 1.06. The molecule has 0 spiro atoms. The van der Waals surface area contributed by atoms with Gasteiger partial charge in [-0.1, -0.05) is 26.8 Å². The minimum absolute atomic E-state index is 0.00385. The summed E-state index contributed by atoms with van der Waals surface area (Å²) in [4.78, 5) is 0. The molecule has 0 saturated carbocycles. The van der Waals surface area contributed by atoms with E-state index in [-0.39, 0.29) is 11.2 Å². The van der Waals surface area contributed by atoms with Crippen LogP contribution in [0.15, 0.2) is 42.5 Å². The van der Waals surface area contributed by atoms with E-state index in [0.717, 1.165) is 11.3 Å². The van der Waals surface area contributed by atoms with Crippen LogP contribution in [0, 0.1) is 0 Å². The predicted octanol–water partition coefficient (Wildman–Crippen LogP) is 4.49. The van der Waals surface area contributed by atoms with E-state index in [0.29, 0.717) is 11.5 Å². The maximum absolute atomic E-state index is 10.1. The largest absolute Gasteiger partial charge is 0.504 e. The van der Waals surface area contributed by atoms with Crippen molar-refractivity contribution in [3.63, 3.8) is 0 Å². The molecule has 106 valence electrons. The summed E-state index contributed by atoms with van der Waals surface area (Å²) in [6, 6.07) is 12.7. The van der Waals surface area contributed by atoms with E-state index in [1.54, 1.807) is 31.4 Å². The Morgan fingerprint density at radius 3 is 2.00 bits per heavy atom. The van der Waals surface area contributed by atoms with Gasteiger partial charge in [0.15, 0.2) is 11.5 Å². The second kappa shape index (κ2) is 5.45. The van der Waals surface area contributed by atoms with E-state index in [9.17, 15) is 5.11 Å². The third kappa shape index (κ3) is 3.23. The van der Waals surface area contributed by atoms with Crippen LogP contribution in [0.5, 0.6) is 23.0 Å². The van der Waals surface area contributed by atoms with Crippen LogP contribution in [-0.2, 0) is 5.41 Å². The van der Waals surface area contributed by atoms with Gasteiger partial charge < -0.3 is 14.6 Å². The zero-order chi connectivity index (χ0) is 14.8. The number of aromatic hydroxyl groups is 1. The quantitative estimate of drug-likeness (QED) is 0.894. The van der Waals surface area contributed by atoms with E-state index in [4.69, 9.17) is 9.47 Å². The molecule has 2 aromatic rings. The maximum Gasteiger partial charge on any atom is 0.169 e. The number of phenols is 1. The van der Waals surface area contributed by atoms with Gasteiger partial charge >= 0.3 is 0 Å². The van der Waals surface area contributed by atoms with Crippen molar-refractivity contribution < 1.29 is 14.6 Å². The first kappa shape index (κ1) is 14.3. The van der Waals surface area contributed by atoms with Gasteiger partial charge in [-0.15, -0.1) is 0 Å². The highest BCUT2D eigenvalue weighted by Gasteiger charge is 2.16. The zero-order valence-electron chi connectivity index (χ0n) is 12.3.